The number of aryl methyl sites for hydroxylation is 1. The second-order valence-electron chi connectivity index (χ2n) is 3.87. The van der Waals surface area contributed by atoms with Gasteiger partial charge in [-0.25, -0.2) is 0 Å². The summed E-state index contributed by atoms with van der Waals surface area (Å²) in [6.45, 7) is 2.75. The number of rotatable bonds is 7. The van der Waals surface area contributed by atoms with E-state index >= 15 is 0 Å². The minimum Gasteiger partial charge on any atom is -0.469 e. The summed E-state index contributed by atoms with van der Waals surface area (Å²) >= 11 is 0. The highest BCUT2D eigenvalue weighted by molar-refractivity contribution is 5.68. The summed E-state index contributed by atoms with van der Waals surface area (Å²) in [6, 6.07) is 3.84. The van der Waals surface area contributed by atoms with Crippen molar-refractivity contribution < 1.29 is 9.53 Å². The van der Waals surface area contributed by atoms with Gasteiger partial charge in [0.2, 0.25) is 0 Å². The highest BCUT2D eigenvalue weighted by atomic mass is 16.5. The van der Waals surface area contributed by atoms with Crippen LogP contribution in [-0.4, -0.2) is 29.8 Å². The molecule has 1 N–H and O–H groups in total. The zero-order chi connectivity index (χ0) is 12.5. The Labute approximate surface area is 102 Å². The molecule has 17 heavy (non-hydrogen) atoms. The maximum Gasteiger partial charge on any atom is 0.305 e. The van der Waals surface area contributed by atoms with Crippen molar-refractivity contribution >= 4 is 11.8 Å². The molecule has 5 heteroatoms. The largest absolute Gasteiger partial charge is 0.469 e. The zero-order valence-electron chi connectivity index (χ0n) is 10.4. The Balaban J connectivity index is 2.04. The molecule has 0 aromatic carbocycles. The number of ether oxygens (including phenoxy) is 1. The first-order chi connectivity index (χ1) is 8.22. The number of unbranched alkanes of at least 4 members (excludes halogenated alkanes) is 2. The standard InChI is InChI=1S/C12H19N3O2/c1-10-7-8-11(15-14-10)13-9-5-3-4-6-12(16)17-2/h7-8H,3-6,9H2,1-2H3,(H,13,15). The third kappa shape index (κ3) is 5.85. The van der Waals surface area contributed by atoms with Crippen LogP contribution in [0.5, 0.6) is 0 Å². The number of methoxy groups -OCH3 is 1. The molecule has 0 atom stereocenters. The summed E-state index contributed by atoms with van der Waals surface area (Å²) in [4.78, 5) is 10.8. The minimum absolute atomic E-state index is 0.137. The van der Waals surface area contributed by atoms with Crippen LogP contribution in [0.25, 0.3) is 0 Å². The monoisotopic (exact) mass is 237 g/mol. The summed E-state index contributed by atoms with van der Waals surface area (Å²) < 4.78 is 4.56. The van der Waals surface area contributed by atoms with Crippen LogP contribution in [0, 0.1) is 6.92 Å². The van der Waals surface area contributed by atoms with Gasteiger partial charge in [-0.15, -0.1) is 5.10 Å². The van der Waals surface area contributed by atoms with E-state index in [0.29, 0.717) is 6.42 Å². The number of hydrogen-bond acceptors (Lipinski definition) is 5. The molecule has 0 spiro atoms. The highest BCUT2D eigenvalue weighted by Crippen LogP contribution is 2.04. The molecule has 0 aliphatic carbocycles. The van der Waals surface area contributed by atoms with Crippen molar-refractivity contribution in [1.29, 1.82) is 0 Å². The molecule has 0 aliphatic rings. The van der Waals surface area contributed by atoms with Gasteiger partial charge in [-0.1, -0.05) is 6.42 Å². The van der Waals surface area contributed by atoms with Crippen molar-refractivity contribution in [3.8, 4) is 0 Å². The van der Waals surface area contributed by atoms with Crippen LogP contribution in [0.4, 0.5) is 5.82 Å². The van der Waals surface area contributed by atoms with Crippen LogP contribution < -0.4 is 5.32 Å². The van der Waals surface area contributed by atoms with Crippen molar-refractivity contribution in [2.45, 2.75) is 32.6 Å². The Morgan fingerprint density at radius 1 is 1.29 bits per heavy atom. The fraction of sp³-hybridized carbons (Fsp3) is 0.583. The van der Waals surface area contributed by atoms with Gasteiger partial charge >= 0.3 is 5.97 Å². The molecule has 1 rings (SSSR count). The summed E-state index contributed by atoms with van der Waals surface area (Å²) in [7, 11) is 1.42. The van der Waals surface area contributed by atoms with Gasteiger partial charge in [0.15, 0.2) is 0 Å². The second kappa shape index (κ2) is 7.60. The Morgan fingerprint density at radius 2 is 2.12 bits per heavy atom. The first-order valence-corrected chi connectivity index (χ1v) is 5.83. The van der Waals surface area contributed by atoms with Gasteiger partial charge < -0.3 is 10.1 Å². The van der Waals surface area contributed by atoms with Gasteiger partial charge in [-0.2, -0.15) is 5.10 Å². The second-order valence-corrected chi connectivity index (χ2v) is 3.87. The van der Waals surface area contributed by atoms with Gasteiger partial charge in [0.1, 0.15) is 5.82 Å². The summed E-state index contributed by atoms with van der Waals surface area (Å²) in [5.41, 5.74) is 0.911. The Morgan fingerprint density at radius 3 is 2.76 bits per heavy atom. The Hall–Kier alpha value is -1.65. The lowest BCUT2D eigenvalue weighted by atomic mass is 10.2. The maximum atomic E-state index is 10.8. The summed E-state index contributed by atoms with van der Waals surface area (Å²) in [5, 5.41) is 11.1. The maximum absolute atomic E-state index is 10.8. The Bertz CT molecular complexity index is 338. The average Bonchev–Trinajstić information content (AvgIpc) is 2.35. The summed E-state index contributed by atoms with van der Waals surface area (Å²) in [5.74, 6) is 0.658. The van der Waals surface area contributed by atoms with E-state index in [9.17, 15) is 4.79 Å². The predicted molar refractivity (Wildman–Crippen MR) is 65.7 cm³/mol. The first kappa shape index (κ1) is 13.4. The molecular weight excluding hydrogens is 218 g/mol. The van der Waals surface area contributed by atoms with Crippen LogP contribution in [0.3, 0.4) is 0 Å². The lowest BCUT2D eigenvalue weighted by Crippen LogP contribution is -2.05. The van der Waals surface area contributed by atoms with E-state index in [0.717, 1.165) is 37.3 Å². The highest BCUT2D eigenvalue weighted by Gasteiger charge is 1.99. The molecule has 0 fully saturated rings. The number of hydrogen-bond donors (Lipinski definition) is 1. The molecule has 1 aromatic rings. The summed E-state index contributed by atoms with van der Waals surface area (Å²) in [6.07, 6.45) is 3.38. The number of anilines is 1. The van der Waals surface area contributed by atoms with Crippen LogP contribution >= 0.6 is 0 Å². The van der Waals surface area contributed by atoms with Crippen LogP contribution in [0.1, 0.15) is 31.4 Å². The number of carbonyl (C=O) groups excluding carboxylic acids is 1. The van der Waals surface area contributed by atoms with Gasteiger partial charge in [0, 0.05) is 13.0 Å². The van der Waals surface area contributed by atoms with Crippen molar-refractivity contribution in [2.75, 3.05) is 19.0 Å². The van der Waals surface area contributed by atoms with Crippen LogP contribution in [0.15, 0.2) is 12.1 Å². The topological polar surface area (TPSA) is 64.1 Å². The normalized spacial score (nSPS) is 10.0. The predicted octanol–water partition coefficient (Wildman–Crippen LogP) is 1.93. The molecule has 0 amide bonds. The average molecular weight is 237 g/mol. The molecule has 1 aromatic heterocycles. The fourth-order valence-electron chi connectivity index (χ4n) is 1.38. The lowest BCUT2D eigenvalue weighted by molar-refractivity contribution is -0.140. The quantitative estimate of drug-likeness (QED) is 0.580. The van der Waals surface area contributed by atoms with E-state index in [1.807, 2.05) is 19.1 Å². The molecule has 0 saturated carbocycles. The molecule has 0 radical (unpaired) electrons. The molecule has 94 valence electrons. The molecule has 1 heterocycles. The SMILES string of the molecule is COC(=O)CCCCCNc1ccc(C)nn1. The van der Waals surface area contributed by atoms with Crippen molar-refractivity contribution in [3.63, 3.8) is 0 Å². The van der Waals surface area contributed by atoms with Crippen LogP contribution in [-0.2, 0) is 9.53 Å². The zero-order valence-corrected chi connectivity index (χ0v) is 10.4. The van der Waals surface area contributed by atoms with E-state index < -0.39 is 0 Å². The third-order valence-corrected chi connectivity index (χ3v) is 2.39. The number of aromatic nitrogens is 2. The van der Waals surface area contributed by atoms with Crippen molar-refractivity contribution in [2.24, 2.45) is 0 Å². The lowest BCUT2D eigenvalue weighted by Gasteiger charge is -2.04. The molecule has 0 unspecified atom stereocenters. The molecular formula is C12H19N3O2. The number of carbonyl (C=O) groups is 1. The van der Waals surface area contributed by atoms with E-state index in [4.69, 9.17) is 0 Å². The Kier molecular flexibility index (Phi) is 5.99. The molecule has 5 nitrogen and oxygen atoms in total. The smallest absolute Gasteiger partial charge is 0.305 e. The first-order valence-electron chi connectivity index (χ1n) is 5.83. The van der Waals surface area contributed by atoms with Crippen molar-refractivity contribution in [1.82, 2.24) is 10.2 Å². The fourth-order valence-corrected chi connectivity index (χ4v) is 1.38. The number of nitrogens with zero attached hydrogens (tertiary/aromatic N) is 2. The van der Waals surface area contributed by atoms with Gasteiger partial charge in [0.25, 0.3) is 0 Å². The van der Waals surface area contributed by atoms with Gasteiger partial charge in [-0.05, 0) is 31.9 Å². The van der Waals surface area contributed by atoms with Gasteiger partial charge in [-0.3, -0.25) is 4.79 Å². The molecule has 0 bridgehead atoms. The van der Waals surface area contributed by atoms with E-state index in [1.54, 1.807) is 0 Å². The molecule has 0 saturated heterocycles. The van der Waals surface area contributed by atoms with E-state index in [2.05, 4.69) is 20.3 Å². The van der Waals surface area contributed by atoms with Gasteiger partial charge in [0.05, 0.1) is 12.8 Å². The number of nitrogens with one attached hydrogen (secondary N) is 1. The van der Waals surface area contributed by atoms with E-state index in [-0.39, 0.29) is 5.97 Å². The van der Waals surface area contributed by atoms with Crippen LogP contribution in [0.2, 0.25) is 0 Å². The van der Waals surface area contributed by atoms with Crippen molar-refractivity contribution in [3.05, 3.63) is 17.8 Å². The van der Waals surface area contributed by atoms with E-state index in [1.165, 1.54) is 7.11 Å². The third-order valence-electron chi connectivity index (χ3n) is 2.39. The number of esters is 1. The molecule has 0 aliphatic heterocycles. The minimum atomic E-state index is -0.137.